The predicted octanol–water partition coefficient (Wildman–Crippen LogP) is 1.77. The van der Waals surface area contributed by atoms with Crippen molar-refractivity contribution in [1.29, 1.82) is 0 Å². The first-order valence-corrected chi connectivity index (χ1v) is 4.83. The molecule has 0 aliphatic heterocycles. The Morgan fingerprint density at radius 3 is 2.29 bits per heavy atom. The summed E-state index contributed by atoms with van der Waals surface area (Å²) in [5.41, 5.74) is 1.27. The first-order valence-electron chi connectivity index (χ1n) is 4.83. The average molecular weight is 196 g/mol. The van der Waals surface area contributed by atoms with Gasteiger partial charge in [0, 0.05) is 18.7 Å². The molecule has 0 N–H and O–H groups in total. The van der Waals surface area contributed by atoms with Gasteiger partial charge in [-0.15, -0.1) is 0 Å². The molecule has 0 saturated heterocycles. The Morgan fingerprint density at radius 2 is 1.93 bits per heavy atom. The average Bonchev–Trinajstić information content (AvgIpc) is 2.49. The normalized spacial score (nSPS) is 10.3. The molecule has 0 aliphatic carbocycles. The van der Waals surface area contributed by atoms with Crippen LogP contribution >= 0.6 is 0 Å². The highest BCUT2D eigenvalue weighted by Gasteiger charge is 2.20. The maximum atomic E-state index is 11.8. The number of aromatic nitrogens is 1. The van der Waals surface area contributed by atoms with Gasteiger partial charge >= 0.3 is 0 Å². The first kappa shape index (κ1) is 10.8. The monoisotopic (exact) mass is 196 g/mol. The molecule has 0 spiro atoms. The van der Waals surface area contributed by atoms with Gasteiger partial charge in [0.05, 0.1) is 0 Å². The Labute approximate surface area is 83.9 Å². The predicted molar refractivity (Wildman–Crippen MR) is 53.2 cm³/mol. The lowest BCUT2D eigenvalue weighted by atomic mass is 10.2. The Hall–Kier alpha value is -1.32. The third-order valence-corrected chi connectivity index (χ3v) is 2.41. The van der Waals surface area contributed by atoms with Gasteiger partial charge in [-0.3, -0.25) is 4.79 Å². The number of amides is 1. The molecule has 0 atom stereocenters. The molecule has 1 aromatic heterocycles. The molecule has 78 valence electrons. The highest BCUT2D eigenvalue weighted by Crippen LogP contribution is 2.13. The molecule has 1 heterocycles. The van der Waals surface area contributed by atoms with E-state index >= 15 is 0 Å². The second-order valence-electron chi connectivity index (χ2n) is 3.19. The summed E-state index contributed by atoms with van der Waals surface area (Å²) in [6.07, 6.45) is 0. The van der Waals surface area contributed by atoms with Gasteiger partial charge in [-0.1, -0.05) is 5.16 Å². The summed E-state index contributed by atoms with van der Waals surface area (Å²) < 4.78 is 4.96. The number of hydrogen-bond donors (Lipinski definition) is 0. The van der Waals surface area contributed by atoms with Crippen LogP contribution in [-0.2, 0) is 0 Å². The van der Waals surface area contributed by atoms with E-state index in [1.807, 2.05) is 20.8 Å². The SMILES string of the molecule is CCN(CC)C(=O)c1noc(C)c1C. The van der Waals surface area contributed by atoms with Crippen molar-refractivity contribution in [1.82, 2.24) is 10.1 Å². The third-order valence-electron chi connectivity index (χ3n) is 2.41. The van der Waals surface area contributed by atoms with Crippen LogP contribution in [0.3, 0.4) is 0 Å². The van der Waals surface area contributed by atoms with Crippen LogP contribution < -0.4 is 0 Å². The zero-order chi connectivity index (χ0) is 10.7. The molecule has 0 fully saturated rings. The van der Waals surface area contributed by atoms with E-state index in [2.05, 4.69) is 5.16 Å². The van der Waals surface area contributed by atoms with E-state index < -0.39 is 0 Å². The van der Waals surface area contributed by atoms with Crippen molar-refractivity contribution < 1.29 is 9.32 Å². The zero-order valence-electron chi connectivity index (χ0n) is 9.13. The van der Waals surface area contributed by atoms with Crippen molar-refractivity contribution in [3.63, 3.8) is 0 Å². The van der Waals surface area contributed by atoms with Gasteiger partial charge in [0.25, 0.3) is 5.91 Å². The standard InChI is InChI=1S/C10H16N2O2/c1-5-12(6-2)10(13)9-7(3)8(4)14-11-9/h5-6H2,1-4H3. The lowest BCUT2D eigenvalue weighted by molar-refractivity contribution is 0.0762. The topological polar surface area (TPSA) is 46.3 Å². The minimum atomic E-state index is -0.0515. The van der Waals surface area contributed by atoms with Crippen molar-refractivity contribution in [3.8, 4) is 0 Å². The van der Waals surface area contributed by atoms with Crippen LogP contribution in [0, 0.1) is 13.8 Å². The van der Waals surface area contributed by atoms with Gasteiger partial charge < -0.3 is 9.42 Å². The molecular weight excluding hydrogens is 180 g/mol. The summed E-state index contributed by atoms with van der Waals surface area (Å²) in [6, 6.07) is 0. The summed E-state index contributed by atoms with van der Waals surface area (Å²) in [4.78, 5) is 13.6. The van der Waals surface area contributed by atoms with Crippen molar-refractivity contribution in [2.45, 2.75) is 27.7 Å². The van der Waals surface area contributed by atoms with Gasteiger partial charge in [0.1, 0.15) is 5.76 Å². The fourth-order valence-electron chi connectivity index (χ4n) is 1.28. The van der Waals surface area contributed by atoms with E-state index in [0.717, 1.165) is 5.56 Å². The number of nitrogens with zero attached hydrogens (tertiary/aromatic N) is 2. The molecule has 1 amide bonds. The van der Waals surface area contributed by atoms with Crippen molar-refractivity contribution >= 4 is 5.91 Å². The quantitative estimate of drug-likeness (QED) is 0.740. The molecule has 1 rings (SSSR count). The largest absolute Gasteiger partial charge is 0.361 e. The fraction of sp³-hybridized carbons (Fsp3) is 0.600. The summed E-state index contributed by atoms with van der Waals surface area (Å²) in [5, 5.41) is 3.77. The molecule has 0 saturated carbocycles. The van der Waals surface area contributed by atoms with Gasteiger partial charge in [0.2, 0.25) is 0 Å². The number of carbonyl (C=O) groups is 1. The number of hydrogen-bond acceptors (Lipinski definition) is 3. The van der Waals surface area contributed by atoms with Gasteiger partial charge in [-0.25, -0.2) is 0 Å². The van der Waals surface area contributed by atoms with E-state index in [4.69, 9.17) is 4.52 Å². The zero-order valence-corrected chi connectivity index (χ0v) is 9.13. The lowest BCUT2D eigenvalue weighted by Gasteiger charge is -2.16. The molecule has 1 aromatic rings. The Morgan fingerprint density at radius 1 is 1.36 bits per heavy atom. The first-order chi connectivity index (χ1) is 6.61. The Bertz CT molecular complexity index is 327. The van der Waals surface area contributed by atoms with Crippen LogP contribution in [0.5, 0.6) is 0 Å². The van der Waals surface area contributed by atoms with E-state index in [9.17, 15) is 4.79 Å². The fourth-order valence-corrected chi connectivity index (χ4v) is 1.28. The molecule has 4 heteroatoms. The molecule has 0 aromatic carbocycles. The van der Waals surface area contributed by atoms with Crippen LogP contribution in [-0.4, -0.2) is 29.1 Å². The van der Waals surface area contributed by atoms with E-state index in [1.54, 1.807) is 11.8 Å². The summed E-state index contributed by atoms with van der Waals surface area (Å²) >= 11 is 0. The molecule has 0 aliphatic rings. The summed E-state index contributed by atoms with van der Waals surface area (Å²) in [7, 11) is 0. The van der Waals surface area contributed by atoms with Gasteiger partial charge in [-0.05, 0) is 27.7 Å². The molecule has 0 bridgehead atoms. The highest BCUT2D eigenvalue weighted by atomic mass is 16.5. The van der Waals surface area contributed by atoms with Gasteiger partial charge in [0.15, 0.2) is 5.69 Å². The maximum absolute atomic E-state index is 11.8. The maximum Gasteiger partial charge on any atom is 0.276 e. The smallest absolute Gasteiger partial charge is 0.276 e. The van der Waals surface area contributed by atoms with Crippen molar-refractivity contribution in [2.75, 3.05) is 13.1 Å². The minimum Gasteiger partial charge on any atom is -0.361 e. The number of rotatable bonds is 3. The minimum absolute atomic E-state index is 0.0515. The second kappa shape index (κ2) is 4.26. The number of carbonyl (C=O) groups excluding carboxylic acids is 1. The molecule has 0 unspecified atom stereocenters. The van der Waals surface area contributed by atoms with Crippen LogP contribution in [0.15, 0.2) is 4.52 Å². The lowest BCUT2D eigenvalue weighted by Crippen LogP contribution is -2.31. The molecule has 0 radical (unpaired) electrons. The van der Waals surface area contributed by atoms with E-state index in [-0.39, 0.29) is 5.91 Å². The Balaban J connectivity index is 2.94. The molecular formula is C10H16N2O2. The van der Waals surface area contributed by atoms with Crippen LogP contribution in [0.2, 0.25) is 0 Å². The van der Waals surface area contributed by atoms with Crippen LogP contribution in [0.1, 0.15) is 35.7 Å². The van der Waals surface area contributed by atoms with Crippen molar-refractivity contribution in [3.05, 3.63) is 17.0 Å². The molecule has 4 nitrogen and oxygen atoms in total. The van der Waals surface area contributed by atoms with Crippen LogP contribution in [0.4, 0.5) is 0 Å². The van der Waals surface area contributed by atoms with E-state index in [1.165, 1.54) is 0 Å². The van der Waals surface area contributed by atoms with E-state index in [0.29, 0.717) is 24.5 Å². The summed E-state index contributed by atoms with van der Waals surface area (Å²) in [6.45, 7) is 8.94. The third kappa shape index (κ3) is 1.78. The summed E-state index contributed by atoms with van der Waals surface area (Å²) in [5.74, 6) is 0.657. The number of aryl methyl sites for hydroxylation is 1. The van der Waals surface area contributed by atoms with Crippen molar-refractivity contribution in [2.24, 2.45) is 0 Å². The van der Waals surface area contributed by atoms with Crippen LogP contribution in [0.25, 0.3) is 0 Å². The highest BCUT2D eigenvalue weighted by molar-refractivity contribution is 5.93. The Kier molecular flexibility index (Phi) is 3.28. The second-order valence-corrected chi connectivity index (χ2v) is 3.19. The van der Waals surface area contributed by atoms with Gasteiger partial charge in [-0.2, -0.15) is 0 Å². The molecule has 14 heavy (non-hydrogen) atoms.